The van der Waals surface area contributed by atoms with Crippen LogP contribution in [-0.2, 0) is 32.6 Å². The van der Waals surface area contributed by atoms with Crippen LogP contribution in [0.4, 0.5) is 5.69 Å². The molecule has 4 aromatic rings. The molecule has 5 rings (SSSR count). The van der Waals surface area contributed by atoms with Gasteiger partial charge >= 0.3 is 0 Å². The van der Waals surface area contributed by atoms with E-state index in [1.165, 1.54) is 17.0 Å². The van der Waals surface area contributed by atoms with Gasteiger partial charge in [-0.15, -0.1) is 0 Å². The molecule has 252 valence electrons. The molecule has 1 saturated carbocycles. The Bertz CT molecular complexity index is 1760. The summed E-state index contributed by atoms with van der Waals surface area (Å²) in [6.07, 6.45) is 3.94. The van der Waals surface area contributed by atoms with Crippen LogP contribution in [0.5, 0.6) is 5.75 Å². The minimum Gasteiger partial charge on any atom is -0.494 e. The van der Waals surface area contributed by atoms with Crippen molar-refractivity contribution in [3.63, 3.8) is 0 Å². The van der Waals surface area contributed by atoms with Gasteiger partial charge < -0.3 is 15.0 Å². The summed E-state index contributed by atoms with van der Waals surface area (Å²) in [5, 5.41) is 3.82. The summed E-state index contributed by atoms with van der Waals surface area (Å²) in [4.78, 5) is 30.3. The number of hydrogen-bond donors (Lipinski definition) is 1. The SMILES string of the molecule is CCOc1ccc(N(CC(=O)N(Cc2c(Cl)cccc2Cl)C(Cc2ccccc2)C(=O)NC2CCCC2)S(=O)(=O)c2ccccc2)cc1. The maximum Gasteiger partial charge on any atom is 0.264 e. The van der Waals surface area contributed by atoms with Gasteiger partial charge in [0.1, 0.15) is 18.3 Å². The molecule has 0 heterocycles. The van der Waals surface area contributed by atoms with E-state index in [1.807, 2.05) is 37.3 Å². The summed E-state index contributed by atoms with van der Waals surface area (Å²) in [5.41, 5.74) is 1.56. The van der Waals surface area contributed by atoms with Gasteiger partial charge in [-0.1, -0.05) is 90.6 Å². The van der Waals surface area contributed by atoms with Gasteiger partial charge in [-0.05, 0) is 73.9 Å². The second kappa shape index (κ2) is 16.4. The fourth-order valence-electron chi connectivity index (χ4n) is 5.90. The second-order valence-electron chi connectivity index (χ2n) is 11.7. The highest BCUT2D eigenvalue weighted by Crippen LogP contribution is 2.30. The molecule has 0 radical (unpaired) electrons. The van der Waals surface area contributed by atoms with Crippen LogP contribution in [0.25, 0.3) is 0 Å². The number of nitrogens with zero attached hydrogens (tertiary/aromatic N) is 2. The fourth-order valence-corrected chi connectivity index (χ4v) is 7.85. The number of amides is 2. The van der Waals surface area contributed by atoms with Gasteiger partial charge in [0.15, 0.2) is 0 Å². The number of carbonyl (C=O) groups excluding carboxylic acids is 2. The number of benzene rings is 4. The highest BCUT2D eigenvalue weighted by Gasteiger charge is 2.36. The standard InChI is InChI=1S/C37H39Cl2N3O5S/c1-2-47-30-22-20-29(21-23-30)42(48(45,46)31-16-7-4-8-17-31)26-36(43)41(25-32-33(38)18-11-19-34(32)39)35(24-27-12-5-3-6-13-27)37(44)40-28-14-9-10-15-28/h3-8,11-13,16-23,28,35H,2,9-10,14-15,24-26H2,1H3,(H,40,44). The summed E-state index contributed by atoms with van der Waals surface area (Å²) >= 11 is 13.2. The second-order valence-corrected chi connectivity index (χ2v) is 14.3. The lowest BCUT2D eigenvalue weighted by Gasteiger charge is -2.34. The predicted octanol–water partition coefficient (Wildman–Crippen LogP) is 7.29. The topological polar surface area (TPSA) is 96.0 Å². The first-order valence-corrected chi connectivity index (χ1v) is 18.2. The van der Waals surface area contributed by atoms with E-state index < -0.39 is 28.5 Å². The average Bonchev–Trinajstić information content (AvgIpc) is 3.60. The van der Waals surface area contributed by atoms with E-state index >= 15 is 0 Å². The van der Waals surface area contributed by atoms with Crippen LogP contribution in [0, 0.1) is 0 Å². The number of rotatable bonds is 14. The normalized spacial score (nSPS) is 13.9. The van der Waals surface area contributed by atoms with Gasteiger partial charge in [-0.2, -0.15) is 0 Å². The van der Waals surface area contributed by atoms with Crippen molar-refractivity contribution in [2.75, 3.05) is 17.5 Å². The molecule has 1 aliphatic carbocycles. The van der Waals surface area contributed by atoms with Crippen LogP contribution in [0.1, 0.15) is 43.7 Å². The van der Waals surface area contributed by atoms with Crippen molar-refractivity contribution < 1.29 is 22.7 Å². The number of anilines is 1. The molecule has 2 amide bonds. The van der Waals surface area contributed by atoms with Crippen LogP contribution in [0.15, 0.2) is 108 Å². The van der Waals surface area contributed by atoms with E-state index in [1.54, 1.807) is 60.7 Å². The molecule has 0 aliphatic heterocycles. The first-order valence-electron chi connectivity index (χ1n) is 16.0. The number of halogens is 2. The molecule has 8 nitrogen and oxygen atoms in total. The van der Waals surface area contributed by atoms with E-state index in [4.69, 9.17) is 27.9 Å². The van der Waals surface area contributed by atoms with Crippen LogP contribution in [-0.4, -0.2) is 50.4 Å². The largest absolute Gasteiger partial charge is 0.494 e. The lowest BCUT2D eigenvalue weighted by molar-refractivity contribution is -0.140. The van der Waals surface area contributed by atoms with Crippen molar-refractivity contribution in [3.8, 4) is 5.75 Å². The summed E-state index contributed by atoms with van der Waals surface area (Å²) in [7, 11) is -4.23. The summed E-state index contributed by atoms with van der Waals surface area (Å²) in [5.74, 6) is -0.353. The maximum atomic E-state index is 14.7. The molecule has 11 heteroatoms. The number of sulfonamides is 1. The molecule has 4 aromatic carbocycles. The van der Waals surface area contributed by atoms with Gasteiger partial charge in [-0.25, -0.2) is 8.42 Å². The lowest BCUT2D eigenvalue weighted by atomic mass is 10.0. The van der Waals surface area contributed by atoms with Crippen molar-refractivity contribution in [1.82, 2.24) is 10.2 Å². The van der Waals surface area contributed by atoms with Crippen molar-refractivity contribution in [2.24, 2.45) is 0 Å². The van der Waals surface area contributed by atoms with E-state index in [0.717, 1.165) is 35.6 Å². The minimum absolute atomic E-state index is 0.00422. The minimum atomic E-state index is -4.23. The summed E-state index contributed by atoms with van der Waals surface area (Å²) in [6.45, 7) is 1.59. The average molecular weight is 709 g/mol. The van der Waals surface area contributed by atoms with Gasteiger partial charge in [0, 0.05) is 34.6 Å². The van der Waals surface area contributed by atoms with Crippen LogP contribution in [0.3, 0.4) is 0 Å². The number of hydrogen-bond acceptors (Lipinski definition) is 5. The highest BCUT2D eigenvalue weighted by molar-refractivity contribution is 7.92. The Morgan fingerprint density at radius 2 is 1.46 bits per heavy atom. The number of nitrogens with one attached hydrogen (secondary N) is 1. The van der Waals surface area contributed by atoms with Gasteiger partial charge in [0.05, 0.1) is 17.2 Å². The van der Waals surface area contributed by atoms with Gasteiger partial charge in [-0.3, -0.25) is 13.9 Å². The Kier molecular flexibility index (Phi) is 12.0. The van der Waals surface area contributed by atoms with Crippen molar-refractivity contribution in [3.05, 3.63) is 124 Å². The van der Waals surface area contributed by atoms with E-state index in [2.05, 4.69) is 5.32 Å². The predicted molar refractivity (Wildman–Crippen MR) is 190 cm³/mol. The first kappa shape index (κ1) is 35.3. The molecule has 48 heavy (non-hydrogen) atoms. The summed E-state index contributed by atoms with van der Waals surface area (Å²) < 4.78 is 35.0. The van der Waals surface area contributed by atoms with Crippen molar-refractivity contribution in [1.29, 1.82) is 0 Å². The van der Waals surface area contributed by atoms with Crippen molar-refractivity contribution in [2.45, 2.75) is 62.6 Å². The van der Waals surface area contributed by atoms with E-state index in [0.29, 0.717) is 28.0 Å². The zero-order chi connectivity index (χ0) is 34.1. The smallest absolute Gasteiger partial charge is 0.264 e. The molecular weight excluding hydrogens is 669 g/mol. The quantitative estimate of drug-likeness (QED) is 0.149. The van der Waals surface area contributed by atoms with Crippen LogP contribution in [0.2, 0.25) is 10.0 Å². The Morgan fingerprint density at radius 3 is 2.06 bits per heavy atom. The molecule has 0 saturated heterocycles. The lowest BCUT2D eigenvalue weighted by Crippen LogP contribution is -2.54. The molecule has 1 atom stereocenters. The molecule has 0 spiro atoms. The maximum absolute atomic E-state index is 14.7. The molecule has 1 N–H and O–H groups in total. The monoisotopic (exact) mass is 707 g/mol. The third-order valence-corrected chi connectivity index (χ3v) is 10.9. The molecule has 0 aromatic heterocycles. The molecule has 1 aliphatic rings. The molecule has 1 fully saturated rings. The number of carbonyl (C=O) groups is 2. The highest BCUT2D eigenvalue weighted by atomic mass is 35.5. The zero-order valence-electron chi connectivity index (χ0n) is 26.7. The van der Waals surface area contributed by atoms with E-state index in [-0.39, 0.29) is 35.5 Å². The van der Waals surface area contributed by atoms with Crippen LogP contribution < -0.4 is 14.4 Å². The Balaban J connectivity index is 1.58. The summed E-state index contributed by atoms with van der Waals surface area (Å²) in [6, 6.07) is 27.9. The zero-order valence-corrected chi connectivity index (χ0v) is 29.1. The first-order chi connectivity index (χ1) is 23.2. The molecule has 1 unspecified atom stereocenters. The van der Waals surface area contributed by atoms with Gasteiger partial charge in [0.2, 0.25) is 11.8 Å². The third kappa shape index (κ3) is 8.69. The van der Waals surface area contributed by atoms with Crippen molar-refractivity contribution >= 4 is 50.7 Å². The molecular formula is C37H39Cl2N3O5S. The van der Waals surface area contributed by atoms with E-state index in [9.17, 15) is 18.0 Å². The van der Waals surface area contributed by atoms with Gasteiger partial charge in [0.25, 0.3) is 10.0 Å². The fraction of sp³-hybridized carbons (Fsp3) is 0.297. The Hall–Kier alpha value is -4.05. The number of ether oxygens (including phenoxy) is 1. The Labute approximate surface area is 292 Å². The molecule has 0 bridgehead atoms. The third-order valence-electron chi connectivity index (χ3n) is 8.41. The Morgan fingerprint density at radius 1 is 0.854 bits per heavy atom. The van der Waals surface area contributed by atoms with Crippen LogP contribution >= 0.6 is 23.2 Å².